The highest BCUT2D eigenvalue weighted by atomic mass is 35.5. The van der Waals surface area contributed by atoms with E-state index in [2.05, 4.69) is 43.1 Å². The Morgan fingerprint density at radius 3 is 2.80 bits per heavy atom. The number of allylic oxidation sites excluding steroid dienone is 4. The normalized spacial score (nSPS) is 28.9. The van der Waals surface area contributed by atoms with E-state index in [1.807, 2.05) is 7.05 Å². The fraction of sp³-hybridized carbons (Fsp3) is 0.615. The molecule has 0 saturated heterocycles. The lowest BCUT2D eigenvalue weighted by molar-refractivity contribution is 0.352. The SMILES string of the molecule is C/N=C(/CCl)C(C)C1(C)C=CCC=CC1. The number of hydrogen-bond donors (Lipinski definition) is 0. The van der Waals surface area contributed by atoms with E-state index in [0.29, 0.717) is 11.8 Å². The molecule has 1 rings (SSSR count). The molecular weight excluding hydrogens is 206 g/mol. The molecule has 0 N–H and O–H groups in total. The Morgan fingerprint density at radius 2 is 2.20 bits per heavy atom. The summed E-state index contributed by atoms with van der Waals surface area (Å²) in [5.74, 6) is 0.934. The van der Waals surface area contributed by atoms with E-state index in [-0.39, 0.29) is 5.41 Å². The van der Waals surface area contributed by atoms with Gasteiger partial charge in [0.1, 0.15) is 0 Å². The molecule has 0 bridgehead atoms. The minimum atomic E-state index is 0.163. The first-order chi connectivity index (χ1) is 7.14. The van der Waals surface area contributed by atoms with E-state index in [4.69, 9.17) is 11.6 Å². The fourth-order valence-corrected chi connectivity index (χ4v) is 2.34. The molecule has 2 unspecified atom stereocenters. The first kappa shape index (κ1) is 12.5. The van der Waals surface area contributed by atoms with Gasteiger partial charge in [-0.25, -0.2) is 0 Å². The third-order valence-corrected chi connectivity index (χ3v) is 3.68. The molecule has 2 atom stereocenters. The number of nitrogens with zero attached hydrogens (tertiary/aromatic N) is 1. The molecule has 0 radical (unpaired) electrons. The van der Waals surface area contributed by atoms with Gasteiger partial charge in [0.05, 0.1) is 5.88 Å². The van der Waals surface area contributed by atoms with Gasteiger partial charge in [0.25, 0.3) is 0 Å². The minimum absolute atomic E-state index is 0.163. The van der Waals surface area contributed by atoms with Crippen LogP contribution in [0.4, 0.5) is 0 Å². The van der Waals surface area contributed by atoms with E-state index in [9.17, 15) is 0 Å². The number of hydrogen-bond acceptors (Lipinski definition) is 1. The van der Waals surface area contributed by atoms with Crippen molar-refractivity contribution in [3.63, 3.8) is 0 Å². The van der Waals surface area contributed by atoms with Crippen LogP contribution in [0.25, 0.3) is 0 Å². The van der Waals surface area contributed by atoms with Gasteiger partial charge in [-0.1, -0.05) is 38.2 Å². The summed E-state index contributed by atoms with van der Waals surface area (Å²) in [6.45, 7) is 4.50. The maximum Gasteiger partial charge on any atom is 0.0606 e. The van der Waals surface area contributed by atoms with Crippen LogP contribution >= 0.6 is 11.6 Å². The second-order valence-corrected chi connectivity index (χ2v) is 4.66. The minimum Gasteiger partial charge on any atom is -0.296 e. The maximum absolute atomic E-state index is 5.91. The average molecular weight is 226 g/mol. The van der Waals surface area contributed by atoms with Crippen LogP contribution in [0, 0.1) is 11.3 Å². The molecule has 0 aromatic rings. The smallest absolute Gasteiger partial charge is 0.0606 e. The van der Waals surface area contributed by atoms with Gasteiger partial charge in [0.2, 0.25) is 0 Å². The van der Waals surface area contributed by atoms with Crippen LogP contribution in [0.1, 0.15) is 26.7 Å². The molecule has 1 nitrogen and oxygen atoms in total. The van der Waals surface area contributed by atoms with Crippen molar-refractivity contribution in [2.24, 2.45) is 16.3 Å². The predicted molar refractivity (Wildman–Crippen MR) is 68.9 cm³/mol. The van der Waals surface area contributed by atoms with Gasteiger partial charge in [0, 0.05) is 18.7 Å². The highest BCUT2D eigenvalue weighted by Crippen LogP contribution is 2.36. The molecule has 1 aliphatic carbocycles. The number of halogens is 1. The van der Waals surface area contributed by atoms with Crippen LogP contribution in [-0.4, -0.2) is 18.6 Å². The van der Waals surface area contributed by atoms with E-state index < -0.39 is 0 Å². The van der Waals surface area contributed by atoms with Crippen LogP contribution in [0.2, 0.25) is 0 Å². The van der Waals surface area contributed by atoms with Crippen LogP contribution in [0.15, 0.2) is 29.3 Å². The molecule has 0 saturated carbocycles. The summed E-state index contributed by atoms with van der Waals surface area (Å²) in [4.78, 5) is 4.28. The third kappa shape index (κ3) is 2.94. The predicted octanol–water partition coefficient (Wildman–Crippen LogP) is 3.84. The lowest BCUT2D eigenvalue weighted by Gasteiger charge is -2.32. The van der Waals surface area contributed by atoms with Crippen molar-refractivity contribution in [2.45, 2.75) is 26.7 Å². The van der Waals surface area contributed by atoms with Gasteiger partial charge in [-0.05, 0) is 18.3 Å². The molecule has 15 heavy (non-hydrogen) atoms. The second kappa shape index (κ2) is 5.50. The summed E-state index contributed by atoms with van der Waals surface area (Å²) in [5, 5.41) is 0. The topological polar surface area (TPSA) is 12.4 Å². The van der Waals surface area contributed by atoms with Crippen molar-refractivity contribution in [2.75, 3.05) is 12.9 Å². The highest BCUT2D eigenvalue weighted by Gasteiger charge is 2.30. The van der Waals surface area contributed by atoms with Crippen molar-refractivity contribution in [1.29, 1.82) is 0 Å². The van der Waals surface area contributed by atoms with Gasteiger partial charge >= 0.3 is 0 Å². The molecular formula is C13H20ClN. The van der Waals surface area contributed by atoms with Crippen molar-refractivity contribution in [3.05, 3.63) is 24.3 Å². The summed E-state index contributed by atoms with van der Waals surface area (Å²) < 4.78 is 0. The zero-order valence-corrected chi connectivity index (χ0v) is 10.6. The van der Waals surface area contributed by atoms with Crippen molar-refractivity contribution < 1.29 is 0 Å². The Morgan fingerprint density at radius 1 is 1.47 bits per heavy atom. The van der Waals surface area contributed by atoms with Crippen molar-refractivity contribution in [3.8, 4) is 0 Å². The molecule has 0 aromatic carbocycles. The molecule has 0 aromatic heterocycles. The van der Waals surface area contributed by atoms with Gasteiger partial charge in [-0.3, -0.25) is 4.99 Å². The molecule has 0 spiro atoms. The van der Waals surface area contributed by atoms with Crippen LogP contribution in [0.3, 0.4) is 0 Å². The Hall–Kier alpha value is -0.560. The van der Waals surface area contributed by atoms with E-state index >= 15 is 0 Å². The van der Waals surface area contributed by atoms with Crippen molar-refractivity contribution >= 4 is 17.3 Å². The van der Waals surface area contributed by atoms with Crippen LogP contribution in [0.5, 0.6) is 0 Å². The van der Waals surface area contributed by atoms with Crippen LogP contribution in [-0.2, 0) is 0 Å². The summed E-state index contributed by atoms with van der Waals surface area (Å²) in [5.41, 5.74) is 1.26. The molecule has 0 aliphatic heterocycles. The van der Waals surface area contributed by atoms with Gasteiger partial charge < -0.3 is 0 Å². The van der Waals surface area contributed by atoms with E-state index in [0.717, 1.165) is 18.6 Å². The standard InChI is InChI=1S/C13H20ClN/c1-11(12(10-14)15-3)13(2)8-6-4-5-7-9-13/h4,6-7,9,11H,5,8,10H2,1-3H3/b15-12-. The van der Waals surface area contributed by atoms with Gasteiger partial charge in [-0.2, -0.15) is 0 Å². The summed E-state index contributed by atoms with van der Waals surface area (Å²) in [6.07, 6.45) is 11.1. The largest absolute Gasteiger partial charge is 0.296 e. The average Bonchev–Trinajstić information content (AvgIpc) is 2.46. The quantitative estimate of drug-likeness (QED) is 0.393. The fourth-order valence-electron chi connectivity index (χ4n) is 1.99. The number of rotatable bonds is 3. The monoisotopic (exact) mass is 225 g/mol. The van der Waals surface area contributed by atoms with Gasteiger partial charge in [-0.15, -0.1) is 11.6 Å². The molecule has 0 fully saturated rings. The lowest BCUT2D eigenvalue weighted by atomic mass is 9.73. The van der Waals surface area contributed by atoms with Gasteiger partial charge in [0.15, 0.2) is 0 Å². The number of alkyl halides is 1. The molecule has 84 valence electrons. The zero-order valence-electron chi connectivity index (χ0n) is 9.83. The summed E-state index contributed by atoms with van der Waals surface area (Å²) in [7, 11) is 1.83. The highest BCUT2D eigenvalue weighted by molar-refractivity contribution is 6.29. The summed E-state index contributed by atoms with van der Waals surface area (Å²) >= 11 is 5.91. The Bertz CT molecular complexity index is 291. The molecule has 2 heteroatoms. The van der Waals surface area contributed by atoms with Crippen LogP contribution < -0.4 is 0 Å². The van der Waals surface area contributed by atoms with E-state index in [1.165, 1.54) is 0 Å². The second-order valence-electron chi connectivity index (χ2n) is 4.39. The molecule has 1 aliphatic rings. The van der Waals surface area contributed by atoms with E-state index in [1.54, 1.807) is 0 Å². The first-order valence-corrected chi connectivity index (χ1v) is 6.01. The first-order valence-electron chi connectivity index (χ1n) is 5.48. The maximum atomic E-state index is 5.91. The molecule has 0 amide bonds. The third-order valence-electron chi connectivity index (χ3n) is 3.41. The Kier molecular flexibility index (Phi) is 4.59. The lowest BCUT2D eigenvalue weighted by Crippen LogP contribution is -2.30. The summed E-state index contributed by atoms with van der Waals surface area (Å²) in [6, 6.07) is 0. The van der Waals surface area contributed by atoms with Crippen molar-refractivity contribution in [1.82, 2.24) is 0 Å². The Labute approximate surface area is 97.9 Å². The Balaban J connectivity index is 2.88. The molecule has 0 heterocycles. The number of aliphatic imine (C=N–C) groups is 1. The zero-order chi connectivity index (χ0) is 11.3.